The van der Waals surface area contributed by atoms with Gasteiger partial charge in [-0.3, -0.25) is 4.98 Å². The fourth-order valence-corrected chi connectivity index (χ4v) is 4.26. The number of benzene rings is 2. The minimum Gasteiger partial charge on any atom is -0.341 e. The fraction of sp³-hybridized carbons (Fsp3) is 0.0400. The monoisotopic (exact) mass is 449 g/mol. The normalized spacial score (nSPS) is 11.3. The Morgan fingerprint density at radius 2 is 1.58 bits per heavy atom. The van der Waals surface area contributed by atoms with Crippen LogP contribution in [0.5, 0.6) is 0 Å². The second-order valence-corrected chi connectivity index (χ2v) is 8.04. The number of pyridine rings is 1. The zero-order valence-corrected chi connectivity index (χ0v) is 18.2. The van der Waals surface area contributed by atoms with Crippen molar-refractivity contribution in [1.29, 1.82) is 0 Å². The van der Waals surface area contributed by atoms with Gasteiger partial charge in [0.05, 0.1) is 23.2 Å². The van der Waals surface area contributed by atoms with Crippen LogP contribution in [-0.2, 0) is 0 Å². The summed E-state index contributed by atoms with van der Waals surface area (Å²) in [6, 6.07) is 15.7. The van der Waals surface area contributed by atoms with Gasteiger partial charge in [0.1, 0.15) is 23.9 Å². The van der Waals surface area contributed by atoms with Gasteiger partial charge >= 0.3 is 0 Å². The number of halogens is 1. The summed E-state index contributed by atoms with van der Waals surface area (Å²) in [4.78, 5) is 30.2. The van der Waals surface area contributed by atoms with Crippen LogP contribution < -0.4 is 0 Å². The van der Waals surface area contributed by atoms with Crippen molar-refractivity contribution in [2.75, 3.05) is 0 Å². The van der Waals surface area contributed by atoms with Gasteiger partial charge in [-0.15, -0.1) is 0 Å². The standard InChI is InChI=1S/C25H16ClN7/c1-14-4-9-18-20(15-5-7-16(26)8-6-15)28-11-29-22(18)19(14)21-17(3-2-10-27-21)23-24-25(32-12-30-23)33-13-31-24/h2-13H,1H3,(H,30,31,32,33). The molecule has 1 N–H and O–H groups in total. The van der Waals surface area contributed by atoms with Crippen LogP contribution in [0.3, 0.4) is 0 Å². The summed E-state index contributed by atoms with van der Waals surface area (Å²) in [5.74, 6) is 0. The zero-order valence-electron chi connectivity index (χ0n) is 17.5. The summed E-state index contributed by atoms with van der Waals surface area (Å²) in [7, 11) is 0. The summed E-state index contributed by atoms with van der Waals surface area (Å²) >= 11 is 6.09. The first kappa shape index (κ1) is 19.5. The van der Waals surface area contributed by atoms with Crippen molar-refractivity contribution < 1.29 is 0 Å². The third-order valence-corrected chi connectivity index (χ3v) is 5.91. The Bertz CT molecular complexity index is 1640. The molecule has 4 aromatic heterocycles. The molecule has 7 nitrogen and oxygen atoms in total. The highest BCUT2D eigenvalue weighted by Crippen LogP contribution is 2.38. The molecule has 0 radical (unpaired) electrons. The van der Waals surface area contributed by atoms with E-state index in [0.29, 0.717) is 10.7 Å². The molecule has 0 bridgehead atoms. The number of hydrogen-bond acceptors (Lipinski definition) is 6. The van der Waals surface area contributed by atoms with Gasteiger partial charge < -0.3 is 4.98 Å². The average molecular weight is 450 g/mol. The lowest BCUT2D eigenvalue weighted by Gasteiger charge is -2.14. The fourth-order valence-electron chi connectivity index (χ4n) is 4.13. The molecule has 0 aliphatic carbocycles. The Hall–Kier alpha value is -4.23. The van der Waals surface area contributed by atoms with E-state index in [1.165, 1.54) is 6.33 Å². The first-order valence-electron chi connectivity index (χ1n) is 10.3. The van der Waals surface area contributed by atoms with Gasteiger partial charge in [0.15, 0.2) is 5.65 Å². The highest BCUT2D eigenvalue weighted by Gasteiger charge is 2.20. The van der Waals surface area contributed by atoms with Crippen LogP contribution in [0.2, 0.25) is 5.02 Å². The lowest BCUT2D eigenvalue weighted by molar-refractivity contribution is 1.19. The molecule has 8 heteroatoms. The largest absolute Gasteiger partial charge is 0.341 e. The van der Waals surface area contributed by atoms with Crippen LogP contribution in [0, 0.1) is 6.92 Å². The first-order valence-corrected chi connectivity index (χ1v) is 10.7. The average Bonchev–Trinajstić information content (AvgIpc) is 3.33. The Kier molecular flexibility index (Phi) is 4.55. The number of H-pyrrole nitrogens is 1. The number of rotatable bonds is 3. The second kappa shape index (κ2) is 7.72. The van der Waals surface area contributed by atoms with Crippen LogP contribution in [0.25, 0.3) is 55.8 Å². The molecule has 0 saturated heterocycles. The van der Waals surface area contributed by atoms with Crippen molar-refractivity contribution in [2.45, 2.75) is 6.92 Å². The van der Waals surface area contributed by atoms with Gasteiger partial charge in [0.2, 0.25) is 0 Å². The maximum Gasteiger partial charge on any atom is 0.181 e. The van der Waals surface area contributed by atoms with Crippen molar-refractivity contribution >= 4 is 33.7 Å². The van der Waals surface area contributed by atoms with Crippen LogP contribution in [0.15, 0.2) is 73.7 Å². The molecule has 4 heterocycles. The molecule has 0 aliphatic heterocycles. The molecule has 0 aliphatic rings. The molecule has 0 saturated carbocycles. The molecule has 0 unspecified atom stereocenters. The number of aryl methyl sites for hydroxylation is 1. The highest BCUT2D eigenvalue weighted by atomic mass is 35.5. The number of nitrogens with one attached hydrogen (secondary N) is 1. The molecule has 2 aromatic carbocycles. The van der Waals surface area contributed by atoms with E-state index in [4.69, 9.17) is 16.6 Å². The van der Waals surface area contributed by atoms with Gasteiger partial charge in [-0.25, -0.2) is 24.9 Å². The molecular formula is C25H16ClN7. The van der Waals surface area contributed by atoms with Gasteiger partial charge in [0, 0.05) is 33.3 Å². The Morgan fingerprint density at radius 1 is 0.758 bits per heavy atom. The third-order valence-electron chi connectivity index (χ3n) is 5.66. The quantitative estimate of drug-likeness (QED) is 0.375. The smallest absolute Gasteiger partial charge is 0.181 e. The summed E-state index contributed by atoms with van der Waals surface area (Å²) in [6.45, 7) is 2.06. The molecule has 6 rings (SSSR count). The van der Waals surface area contributed by atoms with Gasteiger partial charge in [-0.2, -0.15) is 0 Å². The molecule has 158 valence electrons. The van der Waals surface area contributed by atoms with Crippen LogP contribution >= 0.6 is 11.6 Å². The van der Waals surface area contributed by atoms with E-state index in [-0.39, 0.29) is 0 Å². The lowest BCUT2D eigenvalue weighted by atomic mass is 9.94. The van der Waals surface area contributed by atoms with Gasteiger partial charge in [-0.1, -0.05) is 35.9 Å². The van der Waals surface area contributed by atoms with Crippen molar-refractivity contribution in [3.63, 3.8) is 0 Å². The lowest BCUT2D eigenvalue weighted by Crippen LogP contribution is -1.98. The maximum absolute atomic E-state index is 6.09. The van der Waals surface area contributed by atoms with E-state index >= 15 is 0 Å². The van der Waals surface area contributed by atoms with E-state index < -0.39 is 0 Å². The molecule has 0 spiro atoms. The molecule has 0 amide bonds. The number of aromatic nitrogens is 7. The zero-order chi connectivity index (χ0) is 22.4. The SMILES string of the molecule is Cc1ccc2c(-c3ccc(Cl)cc3)ncnc2c1-c1ncccc1-c1ncnc2nc[nH]c12. The Labute approximate surface area is 193 Å². The van der Waals surface area contributed by atoms with Gasteiger partial charge in [-0.05, 0) is 36.8 Å². The van der Waals surface area contributed by atoms with Crippen molar-refractivity contribution in [2.24, 2.45) is 0 Å². The van der Waals surface area contributed by atoms with Crippen molar-refractivity contribution in [1.82, 2.24) is 34.9 Å². The molecular weight excluding hydrogens is 434 g/mol. The second-order valence-electron chi connectivity index (χ2n) is 7.61. The van der Waals surface area contributed by atoms with Crippen molar-refractivity contribution in [3.8, 4) is 33.8 Å². The minimum atomic E-state index is 0.608. The number of nitrogens with zero attached hydrogens (tertiary/aromatic N) is 6. The number of fused-ring (bicyclic) bond motifs is 2. The summed E-state index contributed by atoms with van der Waals surface area (Å²) in [5, 5.41) is 1.62. The maximum atomic E-state index is 6.09. The van der Waals surface area contributed by atoms with E-state index in [9.17, 15) is 0 Å². The van der Waals surface area contributed by atoms with Crippen LogP contribution in [0.1, 0.15) is 5.56 Å². The molecule has 0 atom stereocenters. The van der Waals surface area contributed by atoms with Gasteiger partial charge in [0.25, 0.3) is 0 Å². The number of aromatic amines is 1. The predicted octanol–water partition coefficient (Wildman–Crippen LogP) is 5.65. The highest BCUT2D eigenvalue weighted by molar-refractivity contribution is 6.30. The van der Waals surface area contributed by atoms with E-state index in [1.807, 2.05) is 36.4 Å². The number of imidazole rings is 1. The van der Waals surface area contributed by atoms with Crippen LogP contribution in [-0.4, -0.2) is 34.9 Å². The predicted molar refractivity (Wildman–Crippen MR) is 129 cm³/mol. The van der Waals surface area contributed by atoms with E-state index in [0.717, 1.165) is 55.8 Å². The molecule has 33 heavy (non-hydrogen) atoms. The summed E-state index contributed by atoms with van der Waals surface area (Å²) in [6.07, 6.45) is 6.51. The summed E-state index contributed by atoms with van der Waals surface area (Å²) in [5.41, 5.74) is 8.40. The van der Waals surface area contributed by atoms with Crippen LogP contribution in [0.4, 0.5) is 0 Å². The number of hydrogen-bond donors (Lipinski definition) is 1. The Morgan fingerprint density at radius 3 is 2.45 bits per heavy atom. The molecule has 0 fully saturated rings. The van der Waals surface area contributed by atoms with E-state index in [2.05, 4.69) is 49.0 Å². The minimum absolute atomic E-state index is 0.608. The van der Waals surface area contributed by atoms with Crippen molar-refractivity contribution in [3.05, 3.63) is 84.3 Å². The summed E-state index contributed by atoms with van der Waals surface area (Å²) < 4.78 is 0. The van der Waals surface area contributed by atoms with E-state index in [1.54, 1.807) is 18.9 Å². The Balaban J connectivity index is 1.64. The third kappa shape index (κ3) is 3.21. The molecule has 6 aromatic rings. The first-order chi connectivity index (χ1) is 16.2. The topological polar surface area (TPSA) is 93.1 Å².